The van der Waals surface area contributed by atoms with E-state index in [1.54, 1.807) is 13.8 Å². The van der Waals surface area contributed by atoms with Crippen LogP contribution in [0.15, 0.2) is 5.51 Å². The smallest absolute Gasteiger partial charge is 0.358 e. The number of nitrogens with zero attached hydrogens (tertiary/aromatic N) is 1. The Morgan fingerprint density at radius 1 is 1.57 bits per heavy atom. The average Bonchev–Trinajstić information content (AvgIpc) is 2.49. The molecule has 0 amide bonds. The van der Waals surface area contributed by atoms with Crippen LogP contribution in [-0.4, -0.2) is 28.1 Å². The summed E-state index contributed by atoms with van der Waals surface area (Å²) in [7, 11) is 0. The molecule has 5 nitrogen and oxygen atoms in total. The van der Waals surface area contributed by atoms with Crippen LogP contribution in [0.1, 0.15) is 34.0 Å². The number of ether oxygens (including phenoxy) is 1. The SMILES string of the molecule is CC(C)OC(=O)c1ncsc1C(=O)O. The van der Waals surface area contributed by atoms with Gasteiger partial charge in [-0.3, -0.25) is 0 Å². The van der Waals surface area contributed by atoms with Gasteiger partial charge in [0.2, 0.25) is 0 Å². The fraction of sp³-hybridized carbons (Fsp3) is 0.375. The lowest BCUT2D eigenvalue weighted by atomic mass is 10.3. The first-order chi connectivity index (χ1) is 6.52. The molecule has 0 saturated carbocycles. The van der Waals surface area contributed by atoms with E-state index in [4.69, 9.17) is 9.84 Å². The molecule has 0 bridgehead atoms. The first-order valence-electron chi connectivity index (χ1n) is 3.90. The fourth-order valence-electron chi connectivity index (χ4n) is 0.813. The van der Waals surface area contributed by atoms with Crippen molar-refractivity contribution >= 4 is 23.3 Å². The molecule has 0 aliphatic heterocycles. The molecular weight excluding hydrogens is 206 g/mol. The van der Waals surface area contributed by atoms with E-state index < -0.39 is 11.9 Å². The molecule has 1 aromatic heterocycles. The van der Waals surface area contributed by atoms with Crippen molar-refractivity contribution in [3.63, 3.8) is 0 Å². The first kappa shape index (κ1) is 10.6. The van der Waals surface area contributed by atoms with Gasteiger partial charge >= 0.3 is 11.9 Å². The minimum Gasteiger partial charge on any atom is -0.477 e. The number of thiazole rings is 1. The Morgan fingerprint density at radius 3 is 2.71 bits per heavy atom. The third kappa shape index (κ3) is 2.29. The van der Waals surface area contributed by atoms with E-state index in [1.807, 2.05) is 0 Å². The third-order valence-corrected chi connectivity index (χ3v) is 2.11. The molecule has 1 N–H and O–H groups in total. The van der Waals surface area contributed by atoms with Gasteiger partial charge in [0.1, 0.15) is 4.88 Å². The zero-order valence-corrected chi connectivity index (χ0v) is 8.50. The zero-order valence-electron chi connectivity index (χ0n) is 7.68. The molecule has 0 aromatic carbocycles. The van der Waals surface area contributed by atoms with Crippen molar-refractivity contribution < 1.29 is 19.4 Å². The summed E-state index contributed by atoms with van der Waals surface area (Å²) < 4.78 is 4.83. The van der Waals surface area contributed by atoms with Crippen molar-refractivity contribution in [2.24, 2.45) is 0 Å². The molecule has 0 fully saturated rings. The van der Waals surface area contributed by atoms with Crippen LogP contribution >= 0.6 is 11.3 Å². The number of aromatic nitrogens is 1. The van der Waals surface area contributed by atoms with Crippen LogP contribution in [0.3, 0.4) is 0 Å². The maximum Gasteiger partial charge on any atom is 0.358 e. The van der Waals surface area contributed by atoms with E-state index in [2.05, 4.69) is 4.98 Å². The van der Waals surface area contributed by atoms with Crippen molar-refractivity contribution in [3.8, 4) is 0 Å². The summed E-state index contributed by atoms with van der Waals surface area (Å²) in [5.41, 5.74) is 1.18. The molecule has 76 valence electrons. The summed E-state index contributed by atoms with van der Waals surface area (Å²) in [6.07, 6.45) is -0.286. The van der Waals surface area contributed by atoms with Crippen molar-refractivity contribution in [1.29, 1.82) is 0 Å². The predicted molar refractivity (Wildman–Crippen MR) is 49.6 cm³/mol. The second-order valence-corrected chi connectivity index (χ2v) is 3.64. The van der Waals surface area contributed by atoms with E-state index >= 15 is 0 Å². The van der Waals surface area contributed by atoms with E-state index in [9.17, 15) is 9.59 Å². The number of carboxylic acids is 1. The Balaban J connectivity index is 2.90. The standard InChI is InChI=1S/C8H9NO4S/c1-4(2)13-8(12)5-6(7(10)11)14-3-9-5/h3-4H,1-2H3,(H,10,11). The highest BCUT2D eigenvalue weighted by Crippen LogP contribution is 2.14. The van der Waals surface area contributed by atoms with Gasteiger partial charge in [0.15, 0.2) is 5.69 Å². The Kier molecular flexibility index (Phi) is 3.19. The van der Waals surface area contributed by atoms with Gasteiger partial charge in [-0.05, 0) is 13.8 Å². The molecule has 0 radical (unpaired) electrons. The van der Waals surface area contributed by atoms with Crippen molar-refractivity contribution in [3.05, 3.63) is 16.1 Å². The lowest BCUT2D eigenvalue weighted by Gasteiger charge is -2.05. The van der Waals surface area contributed by atoms with Gasteiger partial charge in [-0.1, -0.05) is 0 Å². The molecule has 0 aliphatic rings. The van der Waals surface area contributed by atoms with Crippen LogP contribution in [0, 0.1) is 0 Å². The molecule has 1 heterocycles. The number of aromatic carboxylic acids is 1. The molecule has 0 aliphatic carbocycles. The number of carbonyl (C=O) groups excluding carboxylic acids is 1. The summed E-state index contributed by atoms with van der Waals surface area (Å²) >= 11 is 0.902. The van der Waals surface area contributed by atoms with Crippen molar-refractivity contribution in [1.82, 2.24) is 4.98 Å². The van der Waals surface area contributed by atoms with Gasteiger partial charge in [0, 0.05) is 0 Å². The topological polar surface area (TPSA) is 76.5 Å². The first-order valence-corrected chi connectivity index (χ1v) is 4.78. The highest BCUT2D eigenvalue weighted by atomic mass is 32.1. The second kappa shape index (κ2) is 4.19. The predicted octanol–water partition coefficient (Wildman–Crippen LogP) is 1.41. The van der Waals surface area contributed by atoms with E-state index in [0.717, 1.165) is 11.3 Å². The van der Waals surface area contributed by atoms with Crippen LogP contribution in [0.5, 0.6) is 0 Å². The van der Waals surface area contributed by atoms with Gasteiger partial charge in [-0.25, -0.2) is 14.6 Å². The summed E-state index contributed by atoms with van der Waals surface area (Å²) in [5, 5.41) is 8.70. The van der Waals surface area contributed by atoms with Crippen LogP contribution in [-0.2, 0) is 4.74 Å². The van der Waals surface area contributed by atoms with Crippen LogP contribution in [0.25, 0.3) is 0 Å². The minimum absolute atomic E-state index is 0.0874. The summed E-state index contributed by atoms with van der Waals surface area (Å²) in [5.74, 6) is -1.86. The molecule has 0 spiro atoms. The molecule has 14 heavy (non-hydrogen) atoms. The van der Waals surface area contributed by atoms with Crippen molar-refractivity contribution in [2.75, 3.05) is 0 Å². The molecule has 1 rings (SSSR count). The zero-order chi connectivity index (χ0) is 10.7. The quantitative estimate of drug-likeness (QED) is 0.771. The lowest BCUT2D eigenvalue weighted by molar-refractivity contribution is 0.0365. The van der Waals surface area contributed by atoms with Gasteiger partial charge in [-0.2, -0.15) is 0 Å². The maximum atomic E-state index is 11.3. The number of hydrogen-bond donors (Lipinski definition) is 1. The Hall–Kier alpha value is -1.43. The molecular formula is C8H9NO4S. The highest BCUT2D eigenvalue weighted by molar-refractivity contribution is 7.12. The van der Waals surface area contributed by atoms with Crippen LogP contribution in [0.2, 0.25) is 0 Å². The lowest BCUT2D eigenvalue weighted by Crippen LogP contribution is -2.14. The molecule has 6 heteroatoms. The molecule has 0 unspecified atom stereocenters. The highest BCUT2D eigenvalue weighted by Gasteiger charge is 2.21. The van der Waals surface area contributed by atoms with Crippen molar-refractivity contribution in [2.45, 2.75) is 20.0 Å². The number of rotatable bonds is 3. The Morgan fingerprint density at radius 2 is 2.21 bits per heavy atom. The Labute approximate surface area is 84.3 Å². The maximum absolute atomic E-state index is 11.3. The normalized spacial score (nSPS) is 10.2. The fourth-order valence-corrected chi connectivity index (χ4v) is 1.43. The molecule has 1 aromatic rings. The van der Waals surface area contributed by atoms with Crippen LogP contribution < -0.4 is 0 Å². The molecule has 0 atom stereocenters. The summed E-state index contributed by atoms with van der Waals surface area (Å²) in [6, 6.07) is 0. The van der Waals surface area contributed by atoms with E-state index in [1.165, 1.54) is 5.51 Å². The number of hydrogen-bond acceptors (Lipinski definition) is 5. The van der Waals surface area contributed by atoms with E-state index in [0.29, 0.717) is 0 Å². The van der Waals surface area contributed by atoms with Gasteiger partial charge in [0.05, 0.1) is 11.6 Å². The second-order valence-electron chi connectivity index (χ2n) is 2.79. The average molecular weight is 215 g/mol. The van der Waals surface area contributed by atoms with E-state index in [-0.39, 0.29) is 16.7 Å². The van der Waals surface area contributed by atoms with Crippen LogP contribution in [0.4, 0.5) is 0 Å². The Bertz CT molecular complexity index is 358. The summed E-state index contributed by atoms with van der Waals surface area (Å²) in [4.78, 5) is 25.5. The molecule has 0 saturated heterocycles. The monoisotopic (exact) mass is 215 g/mol. The minimum atomic E-state index is -1.16. The van der Waals surface area contributed by atoms with Gasteiger partial charge in [-0.15, -0.1) is 11.3 Å². The number of esters is 1. The van der Waals surface area contributed by atoms with Gasteiger partial charge in [0.25, 0.3) is 0 Å². The largest absolute Gasteiger partial charge is 0.477 e. The van der Waals surface area contributed by atoms with Gasteiger partial charge < -0.3 is 9.84 Å². The third-order valence-electron chi connectivity index (χ3n) is 1.30. The number of carboxylic acid groups (broad SMARTS) is 1. The number of carbonyl (C=O) groups is 2. The summed E-state index contributed by atoms with van der Waals surface area (Å²) in [6.45, 7) is 3.37.